The van der Waals surface area contributed by atoms with E-state index in [0.717, 1.165) is 10.2 Å². The normalized spacial score (nSPS) is 10.3. The minimum Gasteiger partial charge on any atom is -0.372 e. The number of ether oxygens (including phenoxy) is 1. The summed E-state index contributed by atoms with van der Waals surface area (Å²) in [5, 5.41) is 0. The van der Waals surface area contributed by atoms with Crippen molar-refractivity contribution in [2.75, 3.05) is 0 Å². The van der Waals surface area contributed by atoms with E-state index < -0.39 is 0 Å². The van der Waals surface area contributed by atoms with E-state index in [1.54, 1.807) is 6.20 Å². The van der Waals surface area contributed by atoms with E-state index in [-0.39, 0.29) is 0 Å². The molecule has 82 valence electrons. The highest BCUT2D eigenvalue weighted by molar-refractivity contribution is 9.10. The molecule has 0 aliphatic carbocycles. The number of hydrogen-bond donors (Lipinski definition) is 0. The van der Waals surface area contributed by atoms with Crippen LogP contribution in [-0.2, 0) is 18.0 Å². The van der Waals surface area contributed by atoms with Crippen molar-refractivity contribution in [3.63, 3.8) is 0 Å². The molecule has 0 radical (unpaired) electrons. The molecular formula is C13H12BrNO. The average Bonchev–Trinajstić information content (AvgIpc) is 2.30. The van der Waals surface area contributed by atoms with Gasteiger partial charge in [0.25, 0.3) is 0 Å². The lowest BCUT2D eigenvalue weighted by Crippen LogP contribution is -1.94. The molecule has 2 rings (SSSR count). The van der Waals surface area contributed by atoms with Crippen molar-refractivity contribution in [2.45, 2.75) is 13.2 Å². The maximum absolute atomic E-state index is 5.61. The zero-order chi connectivity index (χ0) is 11.2. The molecule has 0 atom stereocenters. The number of aromatic nitrogens is 1. The first-order valence-electron chi connectivity index (χ1n) is 5.07. The molecule has 0 N–H and O–H groups in total. The lowest BCUT2D eigenvalue weighted by Gasteiger charge is -2.04. The van der Waals surface area contributed by atoms with Gasteiger partial charge >= 0.3 is 0 Å². The van der Waals surface area contributed by atoms with E-state index in [0.29, 0.717) is 13.2 Å². The van der Waals surface area contributed by atoms with Crippen LogP contribution in [-0.4, -0.2) is 4.98 Å². The van der Waals surface area contributed by atoms with Gasteiger partial charge in [-0.3, -0.25) is 0 Å². The van der Waals surface area contributed by atoms with Crippen LogP contribution in [0.5, 0.6) is 0 Å². The predicted molar refractivity (Wildman–Crippen MR) is 66.9 cm³/mol. The summed E-state index contributed by atoms with van der Waals surface area (Å²) in [5.74, 6) is 0. The van der Waals surface area contributed by atoms with Gasteiger partial charge in [-0.15, -0.1) is 0 Å². The number of nitrogens with zero attached hydrogens (tertiary/aromatic N) is 1. The molecule has 0 unspecified atom stereocenters. The molecule has 1 aromatic heterocycles. The summed E-state index contributed by atoms with van der Waals surface area (Å²) < 4.78 is 6.45. The van der Waals surface area contributed by atoms with Gasteiger partial charge in [-0.25, -0.2) is 4.98 Å². The van der Waals surface area contributed by atoms with Crippen LogP contribution in [0.15, 0.2) is 53.3 Å². The molecule has 3 heteroatoms. The van der Waals surface area contributed by atoms with Gasteiger partial charge in [-0.2, -0.15) is 0 Å². The number of halogens is 1. The number of benzene rings is 1. The zero-order valence-corrected chi connectivity index (χ0v) is 10.4. The van der Waals surface area contributed by atoms with Crippen molar-refractivity contribution in [1.29, 1.82) is 0 Å². The topological polar surface area (TPSA) is 22.1 Å². The first kappa shape index (κ1) is 11.3. The quantitative estimate of drug-likeness (QED) is 0.798. The van der Waals surface area contributed by atoms with Gasteiger partial charge in [0.1, 0.15) is 4.60 Å². The number of pyridine rings is 1. The Morgan fingerprint density at radius 3 is 2.50 bits per heavy atom. The summed E-state index contributed by atoms with van der Waals surface area (Å²) in [5.41, 5.74) is 2.31. The Bertz CT molecular complexity index is 445. The van der Waals surface area contributed by atoms with E-state index in [2.05, 4.69) is 33.0 Å². The summed E-state index contributed by atoms with van der Waals surface area (Å²) in [6, 6.07) is 14.1. The van der Waals surface area contributed by atoms with Crippen molar-refractivity contribution < 1.29 is 4.74 Å². The predicted octanol–water partition coefficient (Wildman–Crippen LogP) is 3.56. The lowest BCUT2D eigenvalue weighted by molar-refractivity contribution is 0.107. The van der Waals surface area contributed by atoms with Crippen molar-refractivity contribution in [1.82, 2.24) is 4.98 Å². The summed E-state index contributed by atoms with van der Waals surface area (Å²) >= 11 is 3.33. The molecule has 0 saturated carbocycles. The monoisotopic (exact) mass is 277 g/mol. The van der Waals surface area contributed by atoms with Crippen molar-refractivity contribution >= 4 is 15.9 Å². The van der Waals surface area contributed by atoms with Gasteiger partial charge in [0, 0.05) is 6.20 Å². The maximum Gasteiger partial charge on any atom is 0.106 e. The van der Waals surface area contributed by atoms with Crippen LogP contribution >= 0.6 is 15.9 Å². The van der Waals surface area contributed by atoms with Gasteiger partial charge in [-0.05, 0) is 39.2 Å². The summed E-state index contributed by atoms with van der Waals surface area (Å²) in [4.78, 5) is 4.07. The molecule has 0 saturated heterocycles. The Morgan fingerprint density at radius 2 is 1.75 bits per heavy atom. The SMILES string of the molecule is Brc1cc(COCc2ccccc2)ccn1. The summed E-state index contributed by atoms with van der Waals surface area (Å²) in [6.07, 6.45) is 1.77. The van der Waals surface area contributed by atoms with Crippen LogP contribution in [0.2, 0.25) is 0 Å². The Balaban J connectivity index is 1.85. The third-order valence-electron chi connectivity index (χ3n) is 2.17. The van der Waals surface area contributed by atoms with E-state index in [1.165, 1.54) is 5.56 Å². The van der Waals surface area contributed by atoms with Gasteiger partial charge in [0.2, 0.25) is 0 Å². The molecule has 0 fully saturated rings. The zero-order valence-electron chi connectivity index (χ0n) is 8.77. The van der Waals surface area contributed by atoms with Gasteiger partial charge in [0.05, 0.1) is 13.2 Å². The first-order valence-corrected chi connectivity index (χ1v) is 5.86. The van der Waals surface area contributed by atoms with E-state index in [9.17, 15) is 0 Å². The van der Waals surface area contributed by atoms with E-state index >= 15 is 0 Å². The number of hydrogen-bond acceptors (Lipinski definition) is 2. The fourth-order valence-corrected chi connectivity index (χ4v) is 1.81. The highest BCUT2D eigenvalue weighted by Crippen LogP contribution is 2.10. The van der Waals surface area contributed by atoms with Crippen LogP contribution in [0, 0.1) is 0 Å². The Kier molecular flexibility index (Phi) is 4.08. The van der Waals surface area contributed by atoms with Gasteiger partial charge < -0.3 is 4.74 Å². The molecule has 2 aromatic rings. The second-order valence-corrected chi connectivity index (χ2v) is 4.28. The maximum atomic E-state index is 5.61. The van der Waals surface area contributed by atoms with Crippen molar-refractivity contribution in [3.8, 4) is 0 Å². The van der Waals surface area contributed by atoms with Crippen LogP contribution in [0.1, 0.15) is 11.1 Å². The van der Waals surface area contributed by atoms with Crippen LogP contribution in [0.25, 0.3) is 0 Å². The van der Waals surface area contributed by atoms with Crippen molar-refractivity contribution in [2.24, 2.45) is 0 Å². The molecular weight excluding hydrogens is 266 g/mol. The average molecular weight is 278 g/mol. The molecule has 0 aliphatic heterocycles. The molecule has 0 amide bonds. The summed E-state index contributed by atoms with van der Waals surface area (Å²) in [7, 11) is 0. The molecule has 0 bridgehead atoms. The van der Waals surface area contributed by atoms with Gasteiger partial charge in [0.15, 0.2) is 0 Å². The Morgan fingerprint density at radius 1 is 1.00 bits per heavy atom. The molecule has 16 heavy (non-hydrogen) atoms. The molecule has 1 heterocycles. The largest absolute Gasteiger partial charge is 0.372 e. The van der Waals surface area contributed by atoms with E-state index in [4.69, 9.17) is 4.74 Å². The standard InChI is InChI=1S/C13H12BrNO/c14-13-8-12(6-7-15-13)10-16-9-11-4-2-1-3-5-11/h1-8H,9-10H2. The Labute approximate surface area is 103 Å². The third kappa shape index (κ3) is 3.43. The highest BCUT2D eigenvalue weighted by Gasteiger charge is 1.96. The van der Waals surface area contributed by atoms with Crippen LogP contribution in [0.3, 0.4) is 0 Å². The van der Waals surface area contributed by atoms with E-state index in [1.807, 2.05) is 30.3 Å². The summed E-state index contributed by atoms with van der Waals surface area (Å²) in [6.45, 7) is 1.25. The van der Waals surface area contributed by atoms with Crippen LogP contribution < -0.4 is 0 Å². The third-order valence-corrected chi connectivity index (χ3v) is 2.60. The van der Waals surface area contributed by atoms with Gasteiger partial charge in [-0.1, -0.05) is 30.3 Å². The molecule has 2 nitrogen and oxygen atoms in total. The molecule has 0 spiro atoms. The number of rotatable bonds is 4. The molecule has 0 aliphatic rings. The fraction of sp³-hybridized carbons (Fsp3) is 0.154. The highest BCUT2D eigenvalue weighted by atomic mass is 79.9. The fourth-order valence-electron chi connectivity index (χ4n) is 1.39. The first-order chi connectivity index (χ1) is 7.84. The smallest absolute Gasteiger partial charge is 0.106 e. The van der Waals surface area contributed by atoms with Crippen LogP contribution in [0.4, 0.5) is 0 Å². The lowest BCUT2D eigenvalue weighted by atomic mass is 10.2. The minimum absolute atomic E-state index is 0.607. The minimum atomic E-state index is 0.607. The second-order valence-electron chi connectivity index (χ2n) is 3.47. The second kappa shape index (κ2) is 5.77. The Hall–Kier alpha value is -1.19. The molecule has 1 aromatic carbocycles. The van der Waals surface area contributed by atoms with Crippen molar-refractivity contribution in [3.05, 3.63) is 64.4 Å².